The summed E-state index contributed by atoms with van der Waals surface area (Å²) >= 11 is 0. The molecule has 1 aromatic rings. The zero-order valence-electron chi connectivity index (χ0n) is 11.2. The average Bonchev–Trinajstić information content (AvgIpc) is 2.42. The molecule has 0 atom stereocenters. The van der Waals surface area contributed by atoms with Gasteiger partial charge in [-0.25, -0.2) is 12.8 Å². The highest BCUT2D eigenvalue weighted by molar-refractivity contribution is 7.89. The normalized spacial score (nSPS) is 17.0. The van der Waals surface area contributed by atoms with Crippen LogP contribution in [0.25, 0.3) is 0 Å². The third-order valence-electron chi connectivity index (χ3n) is 3.19. The van der Waals surface area contributed by atoms with Crippen molar-refractivity contribution >= 4 is 15.7 Å². The minimum absolute atomic E-state index is 0.0538. The SMILES string of the molecule is COCC1=CCN(S(=O)(=O)c2cc(F)ccc2N)CC1. The summed E-state index contributed by atoms with van der Waals surface area (Å²) in [6.45, 7) is 1.08. The molecule has 1 aliphatic heterocycles. The van der Waals surface area contributed by atoms with Gasteiger partial charge >= 0.3 is 0 Å². The summed E-state index contributed by atoms with van der Waals surface area (Å²) in [5.41, 5.74) is 6.76. The Morgan fingerprint density at radius 3 is 2.80 bits per heavy atom. The third-order valence-corrected chi connectivity index (χ3v) is 5.11. The lowest BCUT2D eigenvalue weighted by atomic mass is 10.1. The summed E-state index contributed by atoms with van der Waals surface area (Å²) in [4.78, 5) is -0.180. The second-order valence-electron chi connectivity index (χ2n) is 4.59. The van der Waals surface area contributed by atoms with Crippen LogP contribution >= 0.6 is 0 Å². The molecule has 0 saturated heterocycles. The van der Waals surface area contributed by atoms with E-state index in [0.717, 1.165) is 17.7 Å². The number of hydrogen-bond acceptors (Lipinski definition) is 4. The molecule has 20 heavy (non-hydrogen) atoms. The van der Waals surface area contributed by atoms with Gasteiger partial charge in [0, 0.05) is 20.2 Å². The second-order valence-corrected chi connectivity index (χ2v) is 6.50. The highest BCUT2D eigenvalue weighted by atomic mass is 32.2. The van der Waals surface area contributed by atoms with Crippen molar-refractivity contribution in [3.63, 3.8) is 0 Å². The van der Waals surface area contributed by atoms with E-state index in [1.54, 1.807) is 7.11 Å². The number of nitrogens with zero attached hydrogens (tertiary/aromatic N) is 1. The molecule has 0 aromatic heterocycles. The van der Waals surface area contributed by atoms with Gasteiger partial charge in [-0.2, -0.15) is 4.31 Å². The highest BCUT2D eigenvalue weighted by Gasteiger charge is 2.28. The zero-order valence-corrected chi connectivity index (χ0v) is 12.0. The van der Waals surface area contributed by atoms with Gasteiger partial charge in [-0.1, -0.05) is 6.08 Å². The van der Waals surface area contributed by atoms with Crippen molar-refractivity contribution in [2.24, 2.45) is 0 Å². The molecular weight excluding hydrogens is 283 g/mol. The number of sulfonamides is 1. The van der Waals surface area contributed by atoms with Crippen molar-refractivity contribution in [3.8, 4) is 0 Å². The van der Waals surface area contributed by atoms with Gasteiger partial charge in [-0.05, 0) is 30.2 Å². The Labute approximate surface area is 117 Å². The first-order chi connectivity index (χ1) is 9.45. The summed E-state index contributed by atoms with van der Waals surface area (Å²) in [6.07, 6.45) is 2.42. The molecule has 0 bridgehead atoms. The third kappa shape index (κ3) is 3.00. The molecule has 1 heterocycles. The first kappa shape index (κ1) is 15.0. The van der Waals surface area contributed by atoms with Crippen LogP contribution in [-0.2, 0) is 14.8 Å². The van der Waals surface area contributed by atoms with Crippen LogP contribution < -0.4 is 5.73 Å². The average molecular weight is 300 g/mol. The number of nitrogens with two attached hydrogens (primary N) is 1. The van der Waals surface area contributed by atoms with Crippen LogP contribution in [0.5, 0.6) is 0 Å². The lowest BCUT2D eigenvalue weighted by molar-refractivity contribution is 0.219. The summed E-state index contributed by atoms with van der Waals surface area (Å²) in [7, 11) is -2.18. The summed E-state index contributed by atoms with van der Waals surface area (Å²) in [5, 5.41) is 0. The van der Waals surface area contributed by atoms with E-state index >= 15 is 0 Å². The van der Waals surface area contributed by atoms with Crippen LogP contribution in [0.3, 0.4) is 0 Å². The van der Waals surface area contributed by atoms with Crippen LogP contribution in [0.2, 0.25) is 0 Å². The topological polar surface area (TPSA) is 72.6 Å². The number of halogens is 1. The molecule has 0 spiro atoms. The maximum Gasteiger partial charge on any atom is 0.245 e. The van der Waals surface area contributed by atoms with Gasteiger partial charge in [0.1, 0.15) is 10.7 Å². The molecule has 0 aliphatic carbocycles. The Morgan fingerprint density at radius 2 is 2.20 bits per heavy atom. The fourth-order valence-corrected chi connectivity index (χ4v) is 3.61. The molecule has 5 nitrogen and oxygen atoms in total. The Balaban J connectivity index is 2.26. The fourth-order valence-electron chi connectivity index (χ4n) is 2.10. The quantitative estimate of drug-likeness (QED) is 0.673. The number of anilines is 1. The molecule has 0 fully saturated rings. The maximum absolute atomic E-state index is 13.2. The second kappa shape index (κ2) is 5.90. The van der Waals surface area contributed by atoms with Gasteiger partial charge in [0.05, 0.1) is 12.3 Å². The van der Waals surface area contributed by atoms with Crippen molar-refractivity contribution in [3.05, 3.63) is 35.7 Å². The summed E-state index contributed by atoms with van der Waals surface area (Å²) < 4.78 is 44.4. The lowest BCUT2D eigenvalue weighted by Gasteiger charge is -2.26. The van der Waals surface area contributed by atoms with E-state index in [-0.39, 0.29) is 17.1 Å². The van der Waals surface area contributed by atoms with Gasteiger partial charge in [0.15, 0.2) is 0 Å². The Hall–Kier alpha value is -1.44. The molecule has 110 valence electrons. The minimum Gasteiger partial charge on any atom is -0.398 e. The molecule has 7 heteroatoms. The first-order valence-corrected chi connectivity index (χ1v) is 7.61. The standard InChI is InChI=1S/C13H17FN2O3S/c1-19-9-10-4-6-16(7-5-10)20(17,18)13-8-11(14)2-3-12(13)15/h2-4,8H,5-7,9,15H2,1H3. The van der Waals surface area contributed by atoms with Crippen LogP contribution in [0.4, 0.5) is 10.1 Å². The summed E-state index contributed by atoms with van der Waals surface area (Å²) in [5.74, 6) is -0.620. The molecule has 0 radical (unpaired) electrons. The van der Waals surface area contributed by atoms with Crippen LogP contribution in [0, 0.1) is 5.82 Å². The Bertz CT molecular complexity index is 629. The predicted octanol–water partition coefficient (Wildman–Crippen LogP) is 1.38. The lowest BCUT2D eigenvalue weighted by Crippen LogP contribution is -2.35. The number of ether oxygens (including phenoxy) is 1. The van der Waals surface area contributed by atoms with E-state index < -0.39 is 15.8 Å². The number of nitrogen functional groups attached to an aromatic ring is 1. The van der Waals surface area contributed by atoms with Crippen molar-refractivity contribution in [2.75, 3.05) is 32.5 Å². The zero-order chi connectivity index (χ0) is 14.8. The molecule has 0 unspecified atom stereocenters. The van der Waals surface area contributed by atoms with E-state index in [1.165, 1.54) is 10.4 Å². The molecular formula is C13H17FN2O3S. The molecule has 0 saturated carbocycles. The smallest absolute Gasteiger partial charge is 0.245 e. The first-order valence-electron chi connectivity index (χ1n) is 6.17. The van der Waals surface area contributed by atoms with E-state index in [1.807, 2.05) is 6.08 Å². The Kier molecular flexibility index (Phi) is 4.42. The van der Waals surface area contributed by atoms with Gasteiger partial charge < -0.3 is 10.5 Å². The molecule has 2 N–H and O–H groups in total. The number of benzene rings is 1. The van der Waals surface area contributed by atoms with Gasteiger partial charge in [0.2, 0.25) is 10.0 Å². The van der Waals surface area contributed by atoms with Crippen molar-refractivity contribution < 1.29 is 17.5 Å². The van der Waals surface area contributed by atoms with Crippen LogP contribution in [0.15, 0.2) is 34.7 Å². The molecule has 2 rings (SSSR count). The van der Waals surface area contributed by atoms with E-state index in [0.29, 0.717) is 19.6 Å². The van der Waals surface area contributed by atoms with Gasteiger partial charge in [-0.3, -0.25) is 0 Å². The molecule has 0 amide bonds. The van der Waals surface area contributed by atoms with E-state index in [4.69, 9.17) is 10.5 Å². The molecule has 1 aromatic carbocycles. The monoisotopic (exact) mass is 300 g/mol. The van der Waals surface area contributed by atoms with E-state index in [9.17, 15) is 12.8 Å². The van der Waals surface area contributed by atoms with Crippen LogP contribution in [-0.4, -0.2) is 39.5 Å². The molecule has 1 aliphatic rings. The van der Waals surface area contributed by atoms with E-state index in [2.05, 4.69) is 0 Å². The number of methoxy groups -OCH3 is 1. The van der Waals surface area contributed by atoms with Crippen molar-refractivity contribution in [2.45, 2.75) is 11.3 Å². The van der Waals surface area contributed by atoms with Gasteiger partial charge in [0.25, 0.3) is 0 Å². The maximum atomic E-state index is 13.2. The highest BCUT2D eigenvalue weighted by Crippen LogP contribution is 2.25. The minimum atomic E-state index is -3.77. The predicted molar refractivity (Wildman–Crippen MR) is 74.1 cm³/mol. The largest absolute Gasteiger partial charge is 0.398 e. The van der Waals surface area contributed by atoms with Crippen LogP contribution in [0.1, 0.15) is 6.42 Å². The van der Waals surface area contributed by atoms with Gasteiger partial charge in [-0.15, -0.1) is 0 Å². The Morgan fingerprint density at radius 1 is 1.45 bits per heavy atom. The van der Waals surface area contributed by atoms with Crippen molar-refractivity contribution in [1.29, 1.82) is 0 Å². The number of rotatable bonds is 4. The van der Waals surface area contributed by atoms with Crippen molar-refractivity contribution in [1.82, 2.24) is 4.31 Å². The number of hydrogen-bond donors (Lipinski definition) is 1. The fraction of sp³-hybridized carbons (Fsp3) is 0.385. The summed E-state index contributed by atoms with van der Waals surface area (Å²) in [6, 6.07) is 3.36.